The van der Waals surface area contributed by atoms with E-state index in [-0.39, 0.29) is 30.9 Å². The van der Waals surface area contributed by atoms with Gasteiger partial charge in [0.25, 0.3) is 0 Å². The van der Waals surface area contributed by atoms with Gasteiger partial charge in [-0.3, -0.25) is 4.90 Å². The maximum atomic E-state index is 9.39. The molecule has 1 aliphatic rings. The fourth-order valence-electron chi connectivity index (χ4n) is 2.28. The summed E-state index contributed by atoms with van der Waals surface area (Å²) in [6, 6.07) is 0.122. The molecule has 0 aliphatic carbocycles. The molecule has 0 aromatic rings. The highest BCUT2D eigenvalue weighted by molar-refractivity contribution is 4.85. The first kappa shape index (κ1) is 12.9. The minimum Gasteiger partial charge on any atom is -0.395 e. The third-order valence-corrected chi connectivity index (χ3v) is 3.07. The molecule has 1 rings (SSSR count). The van der Waals surface area contributed by atoms with Crippen LogP contribution in [0.4, 0.5) is 0 Å². The maximum absolute atomic E-state index is 9.39. The molecule has 1 fully saturated rings. The summed E-state index contributed by atoms with van der Waals surface area (Å²) in [7, 11) is 0. The molecule has 2 unspecified atom stereocenters. The number of nitrogens with zero attached hydrogens (tertiary/aromatic N) is 1. The van der Waals surface area contributed by atoms with Crippen LogP contribution < -0.4 is 5.73 Å². The zero-order chi connectivity index (χ0) is 11.4. The van der Waals surface area contributed by atoms with Crippen LogP contribution in [0.25, 0.3) is 0 Å². The Morgan fingerprint density at radius 1 is 1.40 bits per heavy atom. The van der Waals surface area contributed by atoms with Gasteiger partial charge in [0, 0.05) is 25.2 Å². The predicted molar refractivity (Wildman–Crippen MR) is 60.7 cm³/mol. The van der Waals surface area contributed by atoms with Crippen molar-refractivity contribution in [2.45, 2.75) is 51.5 Å². The Kier molecular flexibility index (Phi) is 4.99. The summed E-state index contributed by atoms with van der Waals surface area (Å²) < 4.78 is 5.66. The molecule has 4 heteroatoms. The van der Waals surface area contributed by atoms with E-state index in [1.54, 1.807) is 0 Å². The monoisotopic (exact) mass is 216 g/mol. The number of aliphatic hydroxyl groups is 1. The molecule has 4 atom stereocenters. The minimum atomic E-state index is 0.0486. The number of hydrogen-bond acceptors (Lipinski definition) is 4. The molecular weight excluding hydrogens is 192 g/mol. The number of ether oxygens (including phenoxy) is 1. The van der Waals surface area contributed by atoms with E-state index in [2.05, 4.69) is 25.7 Å². The second-order valence-corrected chi connectivity index (χ2v) is 4.53. The molecule has 0 radical (unpaired) electrons. The van der Waals surface area contributed by atoms with E-state index in [0.29, 0.717) is 0 Å². The van der Waals surface area contributed by atoms with Crippen molar-refractivity contribution in [3.05, 3.63) is 0 Å². The van der Waals surface area contributed by atoms with E-state index in [9.17, 15) is 5.11 Å². The van der Waals surface area contributed by atoms with Crippen molar-refractivity contribution >= 4 is 0 Å². The van der Waals surface area contributed by atoms with Gasteiger partial charge < -0.3 is 15.6 Å². The van der Waals surface area contributed by atoms with Crippen LogP contribution in [0.15, 0.2) is 0 Å². The van der Waals surface area contributed by atoms with Gasteiger partial charge in [-0.2, -0.15) is 0 Å². The molecule has 0 bridgehead atoms. The molecule has 0 aromatic carbocycles. The molecule has 1 heterocycles. The summed E-state index contributed by atoms with van der Waals surface area (Å²) in [6.07, 6.45) is 1.35. The quantitative estimate of drug-likeness (QED) is 0.704. The van der Waals surface area contributed by atoms with Gasteiger partial charge >= 0.3 is 0 Å². The normalized spacial score (nSPS) is 32.6. The second kappa shape index (κ2) is 5.80. The number of hydrogen-bond donors (Lipinski definition) is 2. The second-order valence-electron chi connectivity index (χ2n) is 4.53. The van der Waals surface area contributed by atoms with Crippen LogP contribution >= 0.6 is 0 Å². The summed E-state index contributed by atoms with van der Waals surface area (Å²) >= 11 is 0. The first-order valence-corrected chi connectivity index (χ1v) is 5.84. The molecule has 15 heavy (non-hydrogen) atoms. The van der Waals surface area contributed by atoms with Gasteiger partial charge in [-0.25, -0.2) is 0 Å². The fraction of sp³-hybridized carbons (Fsp3) is 1.00. The van der Waals surface area contributed by atoms with Gasteiger partial charge in [0.05, 0.1) is 18.8 Å². The van der Waals surface area contributed by atoms with E-state index in [4.69, 9.17) is 10.5 Å². The summed E-state index contributed by atoms with van der Waals surface area (Å²) in [5.74, 6) is 0. The Morgan fingerprint density at radius 3 is 2.33 bits per heavy atom. The van der Waals surface area contributed by atoms with E-state index >= 15 is 0 Å². The lowest BCUT2D eigenvalue weighted by molar-refractivity contribution is -0.0886. The summed E-state index contributed by atoms with van der Waals surface area (Å²) in [5.41, 5.74) is 6.01. The third-order valence-electron chi connectivity index (χ3n) is 3.07. The molecule has 1 saturated heterocycles. The number of rotatable bonds is 4. The van der Waals surface area contributed by atoms with Gasteiger partial charge in [-0.1, -0.05) is 6.92 Å². The lowest BCUT2D eigenvalue weighted by atomic mass is 10.0. The molecule has 1 aliphatic heterocycles. The highest BCUT2D eigenvalue weighted by Gasteiger charge is 2.30. The SMILES string of the molecule is CCC(N)C(CO)N1C[C@@H](C)O[C@@H](C)C1. The Morgan fingerprint density at radius 2 is 1.93 bits per heavy atom. The molecule has 90 valence electrons. The van der Waals surface area contributed by atoms with Crippen LogP contribution in [0, 0.1) is 0 Å². The Bertz CT molecular complexity index is 179. The largest absolute Gasteiger partial charge is 0.395 e. The van der Waals surface area contributed by atoms with E-state index in [0.717, 1.165) is 19.5 Å². The average molecular weight is 216 g/mol. The van der Waals surface area contributed by atoms with Crippen LogP contribution in [0.5, 0.6) is 0 Å². The van der Waals surface area contributed by atoms with Crippen molar-refractivity contribution in [3.63, 3.8) is 0 Å². The third kappa shape index (κ3) is 3.41. The van der Waals surface area contributed by atoms with Gasteiger partial charge in [0.15, 0.2) is 0 Å². The summed E-state index contributed by atoms with van der Waals surface area (Å²) in [4.78, 5) is 2.26. The van der Waals surface area contributed by atoms with E-state index < -0.39 is 0 Å². The minimum absolute atomic E-state index is 0.0486. The number of nitrogens with two attached hydrogens (primary N) is 1. The highest BCUT2D eigenvalue weighted by atomic mass is 16.5. The van der Waals surface area contributed by atoms with Crippen LogP contribution in [0.2, 0.25) is 0 Å². The lowest BCUT2D eigenvalue weighted by Gasteiger charge is -2.41. The van der Waals surface area contributed by atoms with Crippen LogP contribution in [0.1, 0.15) is 27.2 Å². The zero-order valence-corrected chi connectivity index (χ0v) is 10.0. The van der Waals surface area contributed by atoms with Gasteiger partial charge in [-0.05, 0) is 20.3 Å². The van der Waals surface area contributed by atoms with Crippen molar-refractivity contribution in [1.82, 2.24) is 4.90 Å². The lowest BCUT2D eigenvalue weighted by Crippen LogP contribution is -2.57. The highest BCUT2D eigenvalue weighted by Crippen LogP contribution is 2.15. The Hall–Kier alpha value is -0.160. The number of morpholine rings is 1. The zero-order valence-electron chi connectivity index (χ0n) is 10.0. The fourth-order valence-corrected chi connectivity index (χ4v) is 2.28. The van der Waals surface area contributed by atoms with Crippen LogP contribution in [0.3, 0.4) is 0 Å². The van der Waals surface area contributed by atoms with Gasteiger partial charge in [-0.15, -0.1) is 0 Å². The molecule has 0 aromatic heterocycles. The van der Waals surface area contributed by atoms with Gasteiger partial charge in [0.2, 0.25) is 0 Å². The molecule has 0 saturated carbocycles. The van der Waals surface area contributed by atoms with E-state index in [1.165, 1.54) is 0 Å². The van der Waals surface area contributed by atoms with Crippen molar-refractivity contribution in [3.8, 4) is 0 Å². The van der Waals surface area contributed by atoms with E-state index in [1.807, 2.05) is 0 Å². The predicted octanol–water partition coefficient (Wildman–Crippen LogP) is 0.194. The van der Waals surface area contributed by atoms with Crippen molar-refractivity contribution in [2.24, 2.45) is 5.73 Å². The molecule has 0 amide bonds. The summed E-state index contributed by atoms with van der Waals surface area (Å²) in [5, 5.41) is 9.39. The molecule has 3 N–H and O–H groups in total. The molecular formula is C11H24N2O2. The average Bonchev–Trinajstić information content (AvgIpc) is 2.17. The first-order valence-electron chi connectivity index (χ1n) is 5.84. The maximum Gasteiger partial charge on any atom is 0.0678 e. The smallest absolute Gasteiger partial charge is 0.0678 e. The first-order chi connectivity index (χ1) is 7.08. The van der Waals surface area contributed by atoms with Crippen molar-refractivity contribution < 1.29 is 9.84 Å². The number of aliphatic hydroxyl groups excluding tert-OH is 1. The van der Waals surface area contributed by atoms with Crippen LogP contribution in [-0.2, 0) is 4.74 Å². The Labute approximate surface area is 92.4 Å². The Balaban J connectivity index is 2.58. The standard InChI is InChI=1S/C11H24N2O2/c1-4-10(12)11(7-14)13-5-8(2)15-9(3)6-13/h8-11,14H,4-7,12H2,1-3H3/t8-,9+,10?,11?. The topological polar surface area (TPSA) is 58.7 Å². The summed E-state index contributed by atoms with van der Waals surface area (Å²) in [6.45, 7) is 8.05. The molecule has 4 nitrogen and oxygen atoms in total. The molecule has 0 spiro atoms. The van der Waals surface area contributed by atoms with Gasteiger partial charge in [0.1, 0.15) is 0 Å². The van der Waals surface area contributed by atoms with Crippen molar-refractivity contribution in [1.29, 1.82) is 0 Å². The van der Waals surface area contributed by atoms with Crippen molar-refractivity contribution in [2.75, 3.05) is 19.7 Å². The van der Waals surface area contributed by atoms with Crippen LogP contribution in [-0.4, -0.2) is 54.0 Å².